The second-order valence-corrected chi connectivity index (χ2v) is 4.89. The van der Waals surface area contributed by atoms with Gasteiger partial charge in [0.2, 0.25) is 0 Å². The van der Waals surface area contributed by atoms with Crippen molar-refractivity contribution < 1.29 is 8.78 Å². The highest BCUT2D eigenvalue weighted by molar-refractivity contribution is 6.33. The van der Waals surface area contributed by atoms with Gasteiger partial charge in [-0.15, -0.1) is 0 Å². The van der Waals surface area contributed by atoms with Crippen molar-refractivity contribution in [2.75, 3.05) is 5.32 Å². The number of hydrogen-bond acceptors (Lipinski definition) is 2. The molecule has 102 valence electrons. The fourth-order valence-corrected chi connectivity index (χ4v) is 1.91. The molecule has 0 saturated heterocycles. The van der Waals surface area contributed by atoms with E-state index in [0.717, 1.165) is 17.8 Å². The molecule has 19 heavy (non-hydrogen) atoms. The summed E-state index contributed by atoms with van der Waals surface area (Å²) in [7, 11) is 0. The predicted molar refractivity (Wildman–Crippen MR) is 71.3 cm³/mol. The van der Waals surface area contributed by atoms with Gasteiger partial charge in [0.15, 0.2) is 5.82 Å². The Morgan fingerprint density at radius 2 is 2.11 bits per heavy atom. The Bertz CT molecular complexity index is 558. The Balaban J connectivity index is 2.10. The lowest BCUT2D eigenvalue weighted by atomic mass is 10.3. The fourth-order valence-electron chi connectivity index (χ4n) is 1.65. The molecular weight excluding hydrogens is 272 g/mol. The highest BCUT2D eigenvalue weighted by atomic mass is 35.5. The smallest absolute Gasteiger partial charge is 0.150 e. The maximum absolute atomic E-state index is 13.5. The number of aromatic nitrogens is 2. The maximum Gasteiger partial charge on any atom is 0.150 e. The Kier molecular flexibility index (Phi) is 4.04. The van der Waals surface area contributed by atoms with Gasteiger partial charge in [-0.05, 0) is 26.0 Å². The number of rotatable bonds is 4. The van der Waals surface area contributed by atoms with E-state index in [0.29, 0.717) is 6.54 Å². The average molecular weight is 286 g/mol. The summed E-state index contributed by atoms with van der Waals surface area (Å²) >= 11 is 5.79. The molecule has 0 aliphatic rings. The largest absolute Gasteiger partial charge is 0.376 e. The zero-order valence-electron chi connectivity index (χ0n) is 10.6. The van der Waals surface area contributed by atoms with Gasteiger partial charge in [0.05, 0.1) is 22.9 Å². The molecule has 2 rings (SSSR count). The second kappa shape index (κ2) is 5.57. The quantitative estimate of drug-likeness (QED) is 0.920. The molecule has 1 heterocycles. The average Bonchev–Trinajstić information content (AvgIpc) is 2.76. The van der Waals surface area contributed by atoms with Crippen LogP contribution in [0.5, 0.6) is 0 Å². The van der Waals surface area contributed by atoms with Gasteiger partial charge in [0, 0.05) is 18.3 Å². The highest BCUT2D eigenvalue weighted by Gasteiger charge is 2.10. The van der Waals surface area contributed by atoms with Crippen LogP contribution in [0.15, 0.2) is 24.4 Å². The van der Waals surface area contributed by atoms with Crippen molar-refractivity contribution in [1.82, 2.24) is 9.78 Å². The Morgan fingerprint density at radius 3 is 2.68 bits per heavy atom. The molecule has 0 fully saturated rings. The summed E-state index contributed by atoms with van der Waals surface area (Å²) in [5.41, 5.74) is 0.843. The molecule has 0 aliphatic carbocycles. The monoisotopic (exact) mass is 285 g/mol. The first-order valence-electron chi connectivity index (χ1n) is 5.90. The number of hydrogen-bond donors (Lipinski definition) is 1. The van der Waals surface area contributed by atoms with Crippen LogP contribution < -0.4 is 5.32 Å². The highest BCUT2D eigenvalue weighted by Crippen LogP contribution is 2.26. The van der Waals surface area contributed by atoms with Crippen LogP contribution in [0.25, 0.3) is 0 Å². The van der Waals surface area contributed by atoms with Crippen LogP contribution in [0.4, 0.5) is 14.5 Å². The third-order valence-electron chi connectivity index (χ3n) is 2.65. The normalized spacial score (nSPS) is 11.1. The summed E-state index contributed by atoms with van der Waals surface area (Å²) < 4.78 is 28.2. The van der Waals surface area contributed by atoms with Crippen LogP contribution in [0.3, 0.4) is 0 Å². The van der Waals surface area contributed by atoms with Gasteiger partial charge in [-0.1, -0.05) is 11.6 Å². The lowest BCUT2D eigenvalue weighted by Crippen LogP contribution is -2.06. The lowest BCUT2D eigenvalue weighted by molar-refractivity contribution is 0.527. The van der Waals surface area contributed by atoms with E-state index in [1.165, 1.54) is 0 Å². The first kappa shape index (κ1) is 13.8. The van der Waals surface area contributed by atoms with Gasteiger partial charge < -0.3 is 5.32 Å². The van der Waals surface area contributed by atoms with E-state index in [4.69, 9.17) is 11.6 Å². The molecule has 0 amide bonds. The molecule has 0 spiro atoms. The van der Waals surface area contributed by atoms with E-state index in [1.807, 2.05) is 26.1 Å². The molecular formula is C13H14ClF2N3. The minimum atomic E-state index is -0.715. The van der Waals surface area contributed by atoms with Crippen molar-refractivity contribution in [3.8, 4) is 0 Å². The topological polar surface area (TPSA) is 29.9 Å². The summed E-state index contributed by atoms with van der Waals surface area (Å²) in [5, 5.41) is 7.16. The summed E-state index contributed by atoms with van der Waals surface area (Å²) in [5.74, 6) is -1.41. The maximum atomic E-state index is 13.5. The van der Waals surface area contributed by atoms with Gasteiger partial charge in [0.25, 0.3) is 0 Å². The molecule has 6 heteroatoms. The number of nitrogens with one attached hydrogen (secondary N) is 1. The van der Waals surface area contributed by atoms with Gasteiger partial charge in [-0.2, -0.15) is 5.10 Å². The number of anilines is 1. The molecule has 3 nitrogen and oxygen atoms in total. The third kappa shape index (κ3) is 3.23. The predicted octanol–water partition coefficient (Wildman–Crippen LogP) is 4.01. The van der Waals surface area contributed by atoms with Crippen LogP contribution >= 0.6 is 11.6 Å². The summed E-state index contributed by atoms with van der Waals surface area (Å²) in [6.45, 7) is 4.35. The molecule has 0 unspecified atom stereocenters. The van der Waals surface area contributed by atoms with Crippen molar-refractivity contribution in [3.63, 3.8) is 0 Å². The molecule has 0 atom stereocenters. The van der Waals surface area contributed by atoms with E-state index in [9.17, 15) is 8.78 Å². The molecule has 0 bridgehead atoms. The fraction of sp³-hybridized carbons (Fsp3) is 0.308. The number of halogens is 3. The standard InChI is InChI=1S/C13H14ClF2N3/c1-8(2)19-4-3-10(18-19)7-17-13-11(14)5-9(15)6-12(13)16/h3-6,8,17H,7H2,1-2H3. The molecule has 0 saturated carbocycles. The molecule has 0 radical (unpaired) electrons. The minimum absolute atomic E-state index is 0.0146. The number of benzene rings is 1. The van der Waals surface area contributed by atoms with Crippen molar-refractivity contribution >= 4 is 17.3 Å². The molecule has 1 aromatic carbocycles. The van der Waals surface area contributed by atoms with Crippen LogP contribution in [-0.2, 0) is 6.54 Å². The molecule has 1 aromatic heterocycles. The van der Waals surface area contributed by atoms with Crippen molar-refractivity contribution in [1.29, 1.82) is 0 Å². The third-order valence-corrected chi connectivity index (χ3v) is 2.94. The molecule has 1 N–H and O–H groups in total. The van der Waals surface area contributed by atoms with E-state index < -0.39 is 11.6 Å². The van der Waals surface area contributed by atoms with Crippen molar-refractivity contribution in [3.05, 3.63) is 46.7 Å². The van der Waals surface area contributed by atoms with Gasteiger partial charge in [0.1, 0.15) is 5.82 Å². The van der Waals surface area contributed by atoms with Gasteiger partial charge >= 0.3 is 0 Å². The van der Waals surface area contributed by atoms with E-state index in [2.05, 4.69) is 10.4 Å². The van der Waals surface area contributed by atoms with Gasteiger partial charge in [-0.3, -0.25) is 4.68 Å². The Morgan fingerprint density at radius 1 is 1.37 bits per heavy atom. The summed E-state index contributed by atoms with van der Waals surface area (Å²) in [6.07, 6.45) is 1.85. The van der Waals surface area contributed by atoms with E-state index in [1.54, 1.807) is 4.68 Å². The van der Waals surface area contributed by atoms with Crippen LogP contribution in [0.1, 0.15) is 25.6 Å². The zero-order valence-corrected chi connectivity index (χ0v) is 11.4. The first-order chi connectivity index (χ1) is 8.97. The van der Waals surface area contributed by atoms with Gasteiger partial charge in [-0.25, -0.2) is 8.78 Å². The van der Waals surface area contributed by atoms with Crippen LogP contribution in [-0.4, -0.2) is 9.78 Å². The second-order valence-electron chi connectivity index (χ2n) is 4.48. The SMILES string of the molecule is CC(C)n1ccc(CNc2c(F)cc(F)cc2Cl)n1. The Labute approximate surface area is 115 Å². The molecule has 0 aliphatic heterocycles. The van der Waals surface area contributed by atoms with E-state index >= 15 is 0 Å². The van der Waals surface area contributed by atoms with E-state index in [-0.39, 0.29) is 16.8 Å². The Hall–Kier alpha value is -1.62. The summed E-state index contributed by atoms with van der Waals surface area (Å²) in [4.78, 5) is 0. The first-order valence-corrected chi connectivity index (χ1v) is 6.27. The van der Waals surface area contributed by atoms with Crippen LogP contribution in [0, 0.1) is 11.6 Å². The zero-order chi connectivity index (χ0) is 14.0. The minimum Gasteiger partial charge on any atom is -0.376 e. The van der Waals surface area contributed by atoms with Crippen molar-refractivity contribution in [2.45, 2.75) is 26.4 Å². The lowest BCUT2D eigenvalue weighted by Gasteiger charge is -2.08. The number of nitrogens with zero attached hydrogens (tertiary/aromatic N) is 2. The molecule has 2 aromatic rings. The van der Waals surface area contributed by atoms with Crippen molar-refractivity contribution in [2.24, 2.45) is 0 Å². The van der Waals surface area contributed by atoms with Crippen LogP contribution in [0.2, 0.25) is 5.02 Å². The summed E-state index contributed by atoms with van der Waals surface area (Å²) in [6, 6.07) is 3.96.